The summed E-state index contributed by atoms with van der Waals surface area (Å²) in [5, 5.41) is 20.1. The lowest BCUT2D eigenvalue weighted by atomic mass is 10.1. The van der Waals surface area contributed by atoms with Gasteiger partial charge in [0.2, 0.25) is 0 Å². The van der Waals surface area contributed by atoms with Gasteiger partial charge in [0.15, 0.2) is 0 Å². The van der Waals surface area contributed by atoms with Gasteiger partial charge in [0, 0.05) is 17.5 Å². The monoisotopic (exact) mass is 329 g/mol. The Bertz CT molecular complexity index is 832. The molecule has 1 amide bonds. The van der Waals surface area contributed by atoms with Gasteiger partial charge in [-0.3, -0.25) is 9.89 Å². The fraction of sp³-hybridized carbons (Fsp3) is 0.176. The van der Waals surface area contributed by atoms with Crippen molar-refractivity contribution in [3.8, 4) is 5.75 Å². The van der Waals surface area contributed by atoms with Gasteiger partial charge in [0.05, 0.1) is 11.7 Å². The smallest absolute Gasteiger partial charge is 0.251 e. The lowest BCUT2D eigenvalue weighted by Crippen LogP contribution is -2.35. The molecule has 0 aliphatic carbocycles. The molecular weight excluding hydrogens is 313 g/mol. The fourth-order valence-corrected chi connectivity index (χ4v) is 2.18. The number of aromatic nitrogens is 2. The summed E-state index contributed by atoms with van der Waals surface area (Å²) in [6, 6.07) is 10.7. The molecule has 3 aromatic rings. The third-order valence-electron chi connectivity index (χ3n) is 3.46. The highest BCUT2D eigenvalue weighted by Crippen LogP contribution is 2.13. The van der Waals surface area contributed by atoms with Gasteiger partial charge in [-0.15, -0.1) is 0 Å². The van der Waals surface area contributed by atoms with E-state index in [1.165, 1.54) is 24.3 Å². The van der Waals surface area contributed by atoms with Crippen LogP contribution in [0.2, 0.25) is 0 Å². The van der Waals surface area contributed by atoms with Crippen LogP contribution in [-0.4, -0.2) is 40.5 Å². The van der Waals surface area contributed by atoms with Crippen LogP contribution in [0, 0.1) is 5.82 Å². The van der Waals surface area contributed by atoms with Crippen molar-refractivity contribution in [3.63, 3.8) is 0 Å². The second kappa shape index (κ2) is 7.10. The molecule has 2 aromatic carbocycles. The number of aromatic amines is 1. The van der Waals surface area contributed by atoms with E-state index in [2.05, 4.69) is 15.5 Å². The SMILES string of the molecule is O=C(NCC(O)COc1ccc(F)cc1)c1ccc2[nH]ncc2c1. The summed E-state index contributed by atoms with van der Waals surface area (Å²) in [6.07, 6.45) is 0.758. The Kier molecular flexibility index (Phi) is 4.72. The minimum atomic E-state index is -0.878. The molecule has 1 atom stereocenters. The molecule has 1 aromatic heterocycles. The van der Waals surface area contributed by atoms with Crippen molar-refractivity contribution in [1.29, 1.82) is 0 Å². The van der Waals surface area contributed by atoms with Crippen molar-refractivity contribution in [1.82, 2.24) is 15.5 Å². The summed E-state index contributed by atoms with van der Waals surface area (Å²) in [5.74, 6) is -0.198. The Morgan fingerprint density at radius 3 is 2.88 bits per heavy atom. The van der Waals surface area contributed by atoms with E-state index >= 15 is 0 Å². The van der Waals surface area contributed by atoms with Crippen LogP contribution < -0.4 is 10.1 Å². The van der Waals surface area contributed by atoms with E-state index in [4.69, 9.17) is 4.74 Å². The largest absolute Gasteiger partial charge is 0.491 e. The number of aliphatic hydroxyl groups is 1. The zero-order chi connectivity index (χ0) is 16.9. The van der Waals surface area contributed by atoms with Gasteiger partial charge in [-0.1, -0.05) is 0 Å². The first-order valence-corrected chi connectivity index (χ1v) is 7.39. The molecule has 0 aliphatic rings. The standard InChI is InChI=1S/C17H16FN3O3/c18-13-2-4-15(5-3-13)24-10-14(22)9-19-17(23)11-1-6-16-12(7-11)8-20-21-16/h1-8,14,22H,9-10H2,(H,19,23)(H,20,21). The maximum Gasteiger partial charge on any atom is 0.251 e. The summed E-state index contributed by atoms with van der Waals surface area (Å²) in [4.78, 5) is 12.1. The molecule has 0 bridgehead atoms. The summed E-state index contributed by atoms with van der Waals surface area (Å²) in [5.41, 5.74) is 1.33. The predicted molar refractivity (Wildman–Crippen MR) is 86.3 cm³/mol. The number of fused-ring (bicyclic) bond motifs is 1. The molecule has 0 spiro atoms. The normalized spacial score (nSPS) is 12.1. The number of carbonyl (C=O) groups is 1. The Morgan fingerprint density at radius 2 is 2.08 bits per heavy atom. The number of H-pyrrole nitrogens is 1. The van der Waals surface area contributed by atoms with Gasteiger partial charge in [-0.05, 0) is 42.5 Å². The molecule has 3 rings (SSSR count). The van der Waals surface area contributed by atoms with Crippen LogP contribution in [0.3, 0.4) is 0 Å². The topological polar surface area (TPSA) is 87.2 Å². The number of halogens is 1. The number of hydrogen-bond donors (Lipinski definition) is 3. The van der Waals surface area contributed by atoms with Gasteiger partial charge < -0.3 is 15.2 Å². The van der Waals surface area contributed by atoms with E-state index in [0.717, 1.165) is 10.9 Å². The Morgan fingerprint density at radius 1 is 1.29 bits per heavy atom. The molecule has 0 saturated carbocycles. The second-order valence-electron chi connectivity index (χ2n) is 5.30. The maximum atomic E-state index is 12.8. The number of carbonyl (C=O) groups excluding carboxylic acids is 1. The van der Waals surface area contributed by atoms with Crippen LogP contribution in [0.1, 0.15) is 10.4 Å². The van der Waals surface area contributed by atoms with Crippen LogP contribution >= 0.6 is 0 Å². The number of hydrogen-bond acceptors (Lipinski definition) is 4. The van der Waals surface area contributed by atoms with Crippen LogP contribution in [0.5, 0.6) is 5.75 Å². The minimum Gasteiger partial charge on any atom is -0.491 e. The zero-order valence-electron chi connectivity index (χ0n) is 12.7. The summed E-state index contributed by atoms with van der Waals surface area (Å²) in [6.45, 7) is 0.0378. The Balaban J connectivity index is 1.48. The number of nitrogens with zero attached hydrogens (tertiary/aromatic N) is 1. The van der Waals surface area contributed by atoms with Crippen molar-refractivity contribution in [3.05, 3.63) is 60.0 Å². The quantitative estimate of drug-likeness (QED) is 0.644. The number of benzene rings is 2. The van der Waals surface area contributed by atoms with Crippen molar-refractivity contribution in [2.75, 3.05) is 13.2 Å². The van der Waals surface area contributed by atoms with Gasteiger partial charge >= 0.3 is 0 Å². The molecule has 6 nitrogen and oxygen atoms in total. The van der Waals surface area contributed by atoms with Crippen molar-refractivity contribution in [2.24, 2.45) is 0 Å². The number of ether oxygens (including phenoxy) is 1. The molecule has 0 radical (unpaired) electrons. The second-order valence-corrected chi connectivity index (χ2v) is 5.30. The molecule has 3 N–H and O–H groups in total. The number of rotatable bonds is 6. The molecule has 24 heavy (non-hydrogen) atoms. The minimum absolute atomic E-state index is 0.00726. The Hall–Kier alpha value is -2.93. The van der Waals surface area contributed by atoms with Crippen LogP contribution in [-0.2, 0) is 0 Å². The van der Waals surface area contributed by atoms with Gasteiger partial charge in [-0.25, -0.2) is 4.39 Å². The van der Waals surface area contributed by atoms with E-state index in [9.17, 15) is 14.3 Å². The lowest BCUT2D eigenvalue weighted by molar-refractivity contribution is 0.0843. The molecule has 0 fully saturated rings. The number of nitrogens with one attached hydrogen (secondary N) is 2. The average Bonchev–Trinajstić information content (AvgIpc) is 3.06. The van der Waals surface area contributed by atoms with Gasteiger partial charge in [0.25, 0.3) is 5.91 Å². The molecule has 7 heteroatoms. The van der Waals surface area contributed by atoms with Crippen LogP contribution in [0.25, 0.3) is 10.9 Å². The Labute approximate surface area is 137 Å². The first-order valence-electron chi connectivity index (χ1n) is 7.39. The third-order valence-corrected chi connectivity index (χ3v) is 3.46. The van der Waals surface area contributed by atoms with Crippen molar-refractivity contribution >= 4 is 16.8 Å². The first kappa shape index (κ1) is 15.9. The van der Waals surface area contributed by atoms with E-state index < -0.39 is 6.10 Å². The van der Waals surface area contributed by atoms with Crippen molar-refractivity contribution in [2.45, 2.75) is 6.10 Å². The first-order chi connectivity index (χ1) is 11.6. The maximum absolute atomic E-state index is 12.8. The molecular formula is C17H16FN3O3. The fourth-order valence-electron chi connectivity index (χ4n) is 2.18. The average molecular weight is 329 g/mol. The van der Waals surface area contributed by atoms with Gasteiger partial charge in [0.1, 0.15) is 24.3 Å². The number of aliphatic hydroxyl groups excluding tert-OH is 1. The third kappa shape index (κ3) is 3.88. The molecule has 1 heterocycles. The zero-order valence-corrected chi connectivity index (χ0v) is 12.7. The van der Waals surface area contributed by atoms with E-state index in [0.29, 0.717) is 11.3 Å². The highest BCUT2D eigenvalue weighted by molar-refractivity contribution is 5.97. The van der Waals surface area contributed by atoms with Crippen molar-refractivity contribution < 1.29 is 19.0 Å². The molecule has 124 valence electrons. The highest BCUT2D eigenvalue weighted by Gasteiger charge is 2.11. The summed E-state index contributed by atoms with van der Waals surface area (Å²) >= 11 is 0. The summed E-state index contributed by atoms with van der Waals surface area (Å²) < 4.78 is 18.1. The lowest BCUT2D eigenvalue weighted by Gasteiger charge is -2.13. The van der Waals surface area contributed by atoms with Gasteiger partial charge in [-0.2, -0.15) is 5.10 Å². The van der Waals surface area contributed by atoms with E-state index in [1.54, 1.807) is 24.4 Å². The molecule has 0 saturated heterocycles. The molecule has 0 aliphatic heterocycles. The number of amides is 1. The molecule has 1 unspecified atom stereocenters. The summed E-state index contributed by atoms with van der Waals surface area (Å²) in [7, 11) is 0. The predicted octanol–water partition coefficient (Wildman–Crippen LogP) is 1.87. The highest BCUT2D eigenvalue weighted by atomic mass is 19.1. The van der Waals surface area contributed by atoms with E-state index in [1.807, 2.05) is 0 Å². The van der Waals surface area contributed by atoms with Crippen LogP contribution in [0.4, 0.5) is 4.39 Å². The van der Waals surface area contributed by atoms with Crippen LogP contribution in [0.15, 0.2) is 48.7 Å². The van der Waals surface area contributed by atoms with E-state index in [-0.39, 0.29) is 24.9 Å².